The Labute approximate surface area is 837 Å². The molecular weight excluding hydrogens is 2130 g/mol. The van der Waals surface area contributed by atoms with Crippen LogP contribution in [0.25, 0.3) is 51.7 Å². The van der Waals surface area contributed by atoms with Crippen LogP contribution in [0.3, 0.4) is 0 Å². The monoisotopic (exact) mass is 2240 g/mol. The molecule has 0 spiro atoms. The number of nitriles is 2. The number of alkyl halides is 6. The van der Waals surface area contributed by atoms with E-state index in [-0.39, 0.29) is 141 Å². The number of nitrogens with two attached hydrogens (primary N) is 5. The van der Waals surface area contributed by atoms with Gasteiger partial charge in [0.1, 0.15) is 35.7 Å². The Kier molecular flexibility index (Phi) is 33.6. The first-order valence-corrected chi connectivity index (χ1v) is 62.4. The van der Waals surface area contributed by atoms with Gasteiger partial charge in [-0.3, -0.25) is 90.3 Å². The summed E-state index contributed by atoms with van der Waals surface area (Å²) in [5.74, 6) is -4.04. The number of anilines is 5. The van der Waals surface area contributed by atoms with E-state index in [1.165, 1.54) is 9.13 Å². The lowest BCUT2D eigenvalue weighted by Crippen LogP contribution is -2.42. The van der Waals surface area contributed by atoms with Gasteiger partial charge in [0.05, 0.1) is 87.5 Å². The fourth-order valence-electron chi connectivity index (χ4n) is 13.9. The number of Topliss-reactive ketones (excluding diaryl/α,β-unsaturated/α-hetero) is 1. The number of aliphatic hydroxyl groups is 2. The van der Waals surface area contributed by atoms with E-state index in [9.17, 15) is 107 Å². The second-order valence-electron chi connectivity index (χ2n) is 40.0. The van der Waals surface area contributed by atoms with Crippen molar-refractivity contribution in [1.82, 2.24) is 72.7 Å². The Morgan fingerprint density at radius 2 is 0.715 bits per heavy atom. The molecule has 15 heterocycles. The van der Waals surface area contributed by atoms with Crippen LogP contribution in [0.5, 0.6) is 5.88 Å². The number of hydrogen-bond acceptors (Lipinski definition) is 45. The molecule has 794 valence electrons. The van der Waals surface area contributed by atoms with Crippen molar-refractivity contribution >= 4 is 197 Å². The summed E-state index contributed by atoms with van der Waals surface area (Å²) in [5, 5.41) is 38.3. The molecule has 0 bridgehead atoms. The van der Waals surface area contributed by atoms with Gasteiger partial charge in [0.25, 0.3) is 28.1 Å². The van der Waals surface area contributed by atoms with E-state index in [1.54, 1.807) is 0 Å². The molecule has 16 N–H and O–H groups in total. The van der Waals surface area contributed by atoms with Crippen molar-refractivity contribution in [3.8, 4) is 18.0 Å². The first kappa shape index (κ1) is 115. The Bertz CT molecular complexity index is 7440. The highest BCUT2D eigenvalue weighted by atomic mass is 32.2. The van der Waals surface area contributed by atoms with Gasteiger partial charge >= 0.3 is 55.6 Å². The summed E-state index contributed by atoms with van der Waals surface area (Å²) >= 11 is 2.99. The molecule has 5 saturated heterocycles. The van der Waals surface area contributed by atoms with Crippen molar-refractivity contribution in [2.45, 2.75) is 273 Å². The number of fused-ring (bicyclic) bond motifs is 5. The van der Waals surface area contributed by atoms with Crippen LogP contribution in [-0.2, 0) is 70.6 Å². The van der Waals surface area contributed by atoms with Crippen LogP contribution in [0.4, 0.5) is 56.1 Å². The number of carbonyl (C=O) groups is 1. The highest BCUT2D eigenvalue weighted by Crippen LogP contribution is 2.47. The van der Waals surface area contributed by atoms with Crippen LogP contribution in [0.2, 0.25) is 72.5 Å². The molecule has 5 aliphatic heterocycles. The lowest BCUT2D eigenvalue weighted by Gasteiger charge is -2.36. The standard InChI is InChI=1S/C18H24F6N4O9S3Si.C17H25N5O4SSi.C16H26N4O5SSi.C16H24N4O5SSi.C11H11N5O4S/c1-16(2,3)41(4,5)34-7-8-6-9(36-39(30,31)17(19,20)21)13(35-8)28-11-10(38-15(28)29)12(27-14(25)26-11)37-40(32,33)18(22,23)24;1-17(2,3)28(4,5)25-8-10-6-9(7-18)14(26-10)22-12-11(27-16(22)24)13(23)21-15(19)20-12;2*1-16(2,3)27(4,5)24-7-8-6-9(21)13(25-8)20-11-10(26-15(20)23)12(22)19-14(17)18-11;12-2-4-1-5(3-17)20-9(4)16-7-6(21-11(16)19)8(18)15-10(13)14-7/h8-9,13H,6-7H2,1-5H3,(H2,25,26,27);9-10,14H,6,8H2,1-5H3,(H3,19,20,21,23);8-9,13,21H,6-7H2,1-5H3,(H3,17,18,19,22);8,13H,6-7H2,1-5H3,(H3,17,18,19,22);4-5,9,17H,1,3H2,(H3,13,14,15,18)/t8-,9-,13+;9-,10-,14+;8-,9-,13+;8-,13+;4-,5-,9+/m00000/s1. The number of aromatic nitrogens is 15. The smallest absolute Gasteiger partial charge is 0.414 e. The fourth-order valence-corrected chi connectivity index (χ4v) is 23.3. The number of rotatable bonds is 22. The van der Waals surface area contributed by atoms with Crippen molar-refractivity contribution in [2.75, 3.05) is 61.7 Å². The second-order valence-corrected chi connectivity index (χ2v) is 67.1. The number of H-pyrrole nitrogens is 4. The van der Waals surface area contributed by atoms with Crippen molar-refractivity contribution in [1.29, 1.82) is 10.5 Å². The summed E-state index contributed by atoms with van der Waals surface area (Å²) < 4.78 is 192. The Hall–Kier alpha value is -9.63. The van der Waals surface area contributed by atoms with E-state index >= 15 is 0 Å². The van der Waals surface area contributed by atoms with Gasteiger partial charge in [-0.2, -0.15) is 83.6 Å². The molecule has 5 fully saturated rings. The normalized spacial score (nSPS) is 22.8. The van der Waals surface area contributed by atoms with E-state index in [0.717, 1.165) is 31.8 Å². The SMILES string of the molecule is CC(C)(C)[Si](C)(C)OC[C@@H]1CC(=O)[C@H](n2c(=O)sc3c(=O)[nH]c(N)nc32)O1.CC(C)(C)[Si](C)(C)OC[C@@H]1C[C@@H](C#N)[C@H](n2c(=O)sc3c(=O)[nH]c(N)nc32)O1.CC(C)(C)[Si](C)(C)OC[C@@H]1C[C@H](O)[C@H](n2c(=O)sc3c(=O)[nH]c(N)nc32)O1.CC(C)(C)[Si](C)(C)OC[C@@H]1C[C@H](OS(=O)(=O)C(F)(F)F)[C@H](n2c(=O)sc3c(OS(=O)(=O)C(F)(F)F)nc(N)nc32)O1.N#C[C@@H]1C[C@@H](CO)O[C@H]1n1c(=O)sc2c(=O)[nH]c(N)nc21. The molecule has 0 radical (unpaired) electrons. The number of nitrogen functional groups attached to an aromatic ring is 5. The molecular formula is C78H110F6N22O27S7Si4. The summed E-state index contributed by atoms with van der Waals surface area (Å²) in [5.41, 5.74) is 13.8. The molecule has 10 aromatic rings. The first-order valence-electron chi connectivity index (χ1n) is 43.8. The molecule has 49 nitrogen and oxygen atoms in total. The van der Waals surface area contributed by atoms with E-state index in [1.807, 2.05) is 33.9 Å². The number of nitrogens with zero attached hydrogens (tertiary/aromatic N) is 13. The third kappa shape index (κ3) is 24.7. The van der Waals surface area contributed by atoms with Crippen molar-refractivity contribution in [2.24, 2.45) is 11.8 Å². The maximum atomic E-state index is 13.1. The lowest BCUT2D eigenvalue weighted by atomic mass is 10.1. The number of ketones is 1. The average molecular weight is 2240 g/mol. The summed E-state index contributed by atoms with van der Waals surface area (Å²) in [6.45, 7) is 42.0. The zero-order chi connectivity index (χ0) is 108. The number of carbonyl (C=O) groups excluding carboxylic acids is 1. The van der Waals surface area contributed by atoms with Crippen molar-refractivity contribution < 1.29 is 108 Å². The van der Waals surface area contributed by atoms with E-state index in [2.05, 4.69) is 172 Å². The topological polar surface area (TPSA) is 724 Å². The van der Waals surface area contributed by atoms with Crippen molar-refractivity contribution in [3.63, 3.8) is 0 Å². The summed E-state index contributed by atoms with van der Waals surface area (Å²) in [6, 6.07) is 4.26. The number of nitrogens with one attached hydrogen (secondary N) is 4. The number of hydrogen-bond donors (Lipinski definition) is 11. The van der Waals surface area contributed by atoms with Crippen LogP contribution < -0.4 is 79.5 Å². The molecule has 15 rings (SSSR count). The predicted molar refractivity (Wildman–Crippen MR) is 529 cm³/mol. The summed E-state index contributed by atoms with van der Waals surface area (Å²) in [6.07, 6.45) is -10.7. The van der Waals surface area contributed by atoms with Gasteiger partial charge in [0.2, 0.25) is 29.7 Å². The average Bonchev–Trinajstić information content (AvgIpc) is 1.62. The van der Waals surface area contributed by atoms with Gasteiger partial charge in [-0.25, -0.2) is 4.57 Å². The van der Waals surface area contributed by atoms with Crippen LogP contribution >= 0.6 is 56.7 Å². The van der Waals surface area contributed by atoms with Gasteiger partial charge in [-0.1, -0.05) is 140 Å². The largest absolute Gasteiger partial charge is 0.534 e. The van der Waals surface area contributed by atoms with Gasteiger partial charge in [-0.15, -0.1) is 0 Å². The molecule has 5 aliphatic rings. The first-order chi connectivity index (χ1) is 66.1. The van der Waals surface area contributed by atoms with Crippen LogP contribution in [-0.4, -0.2) is 226 Å². The van der Waals surface area contributed by atoms with E-state index < -0.39 is 213 Å². The predicted octanol–water partition coefficient (Wildman–Crippen LogP) is 7.54. The third-order valence-electron chi connectivity index (χ3n) is 25.7. The summed E-state index contributed by atoms with van der Waals surface area (Å²) in [4.78, 5) is 152. The minimum atomic E-state index is -6.30. The molecule has 14 atom stereocenters. The minimum absolute atomic E-state index is 0.0385. The van der Waals surface area contributed by atoms with Gasteiger partial charge < -0.3 is 84.5 Å². The highest BCUT2D eigenvalue weighted by Gasteiger charge is 2.55. The molecule has 0 aromatic carbocycles. The molecule has 0 saturated carbocycles. The van der Waals surface area contributed by atoms with Crippen LogP contribution in [0.15, 0.2) is 43.2 Å². The molecule has 66 heteroatoms. The summed E-state index contributed by atoms with van der Waals surface area (Å²) in [7, 11) is -20.9. The number of ether oxygens (including phenoxy) is 5. The van der Waals surface area contributed by atoms with Gasteiger partial charge in [0, 0.05) is 19.3 Å². The zero-order valence-electron chi connectivity index (χ0n) is 81.1. The number of halogens is 6. The molecule has 10 aromatic heterocycles. The Morgan fingerprint density at radius 1 is 0.417 bits per heavy atom. The van der Waals surface area contributed by atoms with Crippen molar-refractivity contribution in [3.05, 3.63) is 89.8 Å². The fraction of sp³-hybridized carbons (Fsp3) is 0.641. The maximum absolute atomic E-state index is 13.1. The third-order valence-corrected chi connectivity index (χ3v) is 50.4. The number of aromatic amines is 4. The quantitative estimate of drug-likeness (QED) is 0.0135. The molecule has 144 heavy (non-hydrogen) atoms. The molecule has 0 amide bonds. The molecule has 0 aliphatic carbocycles. The zero-order valence-corrected chi connectivity index (χ0v) is 90.8. The number of aliphatic hydroxyl groups excluding tert-OH is 2. The Balaban J connectivity index is 0.000000174. The van der Waals surface area contributed by atoms with Gasteiger partial charge in [0.15, 0.2) is 98.4 Å². The number of thiazole rings is 5. The maximum Gasteiger partial charge on any atom is 0.534 e. The molecule has 0 unspecified atom stereocenters. The van der Waals surface area contributed by atoms with Gasteiger partial charge in [-0.05, 0) is 85.4 Å². The minimum Gasteiger partial charge on any atom is -0.414 e. The highest BCUT2D eigenvalue weighted by molar-refractivity contribution is 7.88. The Morgan fingerprint density at radius 3 is 1.08 bits per heavy atom. The lowest BCUT2D eigenvalue weighted by molar-refractivity contribution is -0.127. The second kappa shape index (κ2) is 42.2. The van der Waals surface area contributed by atoms with E-state index in [0.29, 0.717) is 59.7 Å². The van der Waals surface area contributed by atoms with Crippen LogP contribution in [0.1, 0.15) is 146 Å². The van der Waals surface area contributed by atoms with E-state index in [4.69, 9.17) is 75.2 Å². The van der Waals surface area contributed by atoms with Crippen LogP contribution in [0, 0.1) is 34.5 Å².